The van der Waals surface area contributed by atoms with Crippen molar-refractivity contribution in [2.75, 3.05) is 13.3 Å². The molecule has 3 rings (SSSR count). The third-order valence-corrected chi connectivity index (χ3v) is 6.00. The van der Waals surface area contributed by atoms with Crippen LogP contribution in [-0.4, -0.2) is 13.3 Å². The summed E-state index contributed by atoms with van der Waals surface area (Å²) >= 11 is 0. The molecule has 0 atom stereocenters. The van der Waals surface area contributed by atoms with Crippen molar-refractivity contribution in [3.63, 3.8) is 0 Å². The number of alkyl halides is 1. The van der Waals surface area contributed by atoms with Crippen LogP contribution in [0.25, 0.3) is 0 Å². The van der Waals surface area contributed by atoms with Gasteiger partial charge in [0.25, 0.3) is 0 Å². The topological polar surface area (TPSA) is 18.5 Å². The molecule has 0 aromatic heterocycles. The molecule has 0 saturated heterocycles. The second kappa shape index (κ2) is 11.8. The highest BCUT2D eigenvalue weighted by Gasteiger charge is 2.22. The highest BCUT2D eigenvalue weighted by Crippen LogP contribution is 2.37. The molecule has 0 radical (unpaired) electrons. The van der Waals surface area contributed by atoms with Crippen molar-refractivity contribution >= 4 is 0 Å². The van der Waals surface area contributed by atoms with E-state index in [1.54, 1.807) is 13.0 Å². The van der Waals surface area contributed by atoms with E-state index in [-0.39, 0.29) is 31.4 Å². The van der Waals surface area contributed by atoms with Gasteiger partial charge < -0.3 is 9.47 Å². The van der Waals surface area contributed by atoms with Crippen LogP contribution in [0.4, 0.5) is 13.2 Å². The minimum Gasteiger partial charge on any atom is -0.491 e. The zero-order valence-corrected chi connectivity index (χ0v) is 18.1. The van der Waals surface area contributed by atoms with E-state index in [1.165, 1.54) is 43.4 Å². The van der Waals surface area contributed by atoms with Crippen LogP contribution >= 0.6 is 0 Å². The Morgan fingerprint density at radius 2 is 1.52 bits per heavy atom. The van der Waals surface area contributed by atoms with Crippen LogP contribution in [0.1, 0.15) is 62.5 Å². The summed E-state index contributed by atoms with van der Waals surface area (Å²) in [5, 5.41) is 0. The van der Waals surface area contributed by atoms with Gasteiger partial charge in [0, 0.05) is 0 Å². The van der Waals surface area contributed by atoms with Crippen LogP contribution in [-0.2, 0) is 6.61 Å². The van der Waals surface area contributed by atoms with Gasteiger partial charge in [-0.25, -0.2) is 4.39 Å². The van der Waals surface area contributed by atoms with Gasteiger partial charge in [-0.1, -0.05) is 36.4 Å². The summed E-state index contributed by atoms with van der Waals surface area (Å²) in [7, 11) is 0. The smallest absolute Gasteiger partial charge is 0.204 e. The standard InChI is InChI=1S/C26H31F3O2/c1-2-30-23-15-16-24(26(29)25(23)28)31-18-20-9-13-22(14-10-20)21-11-7-19(8-12-21)6-4-3-5-17-27/h3,5,9-10,13-16,19,21H,2,4,6-8,11-12,17-18H2,1H3. The Hall–Kier alpha value is -2.43. The maximum atomic E-state index is 14.1. The Morgan fingerprint density at radius 1 is 0.871 bits per heavy atom. The summed E-state index contributed by atoms with van der Waals surface area (Å²) in [4.78, 5) is 0. The van der Waals surface area contributed by atoms with E-state index in [0.717, 1.165) is 24.3 Å². The van der Waals surface area contributed by atoms with Crippen molar-refractivity contribution in [2.45, 2.75) is 58.0 Å². The van der Waals surface area contributed by atoms with E-state index in [1.807, 2.05) is 18.2 Å². The predicted molar refractivity (Wildman–Crippen MR) is 117 cm³/mol. The molecule has 31 heavy (non-hydrogen) atoms. The molecule has 1 aliphatic carbocycles. The summed E-state index contributed by atoms with van der Waals surface area (Å²) in [5.74, 6) is -0.988. The fourth-order valence-electron chi connectivity index (χ4n) is 4.24. The summed E-state index contributed by atoms with van der Waals surface area (Å²) in [6.45, 7) is 1.78. The van der Waals surface area contributed by atoms with Gasteiger partial charge in [0.1, 0.15) is 13.3 Å². The van der Waals surface area contributed by atoms with Crippen molar-refractivity contribution in [1.82, 2.24) is 0 Å². The van der Waals surface area contributed by atoms with E-state index < -0.39 is 11.6 Å². The molecule has 0 spiro atoms. The number of hydrogen-bond donors (Lipinski definition) is 0. The lowest BCUT2D eigenvalue weighted by atomic mass is 9.77. The average molecular weight is 433 g/mol. The fraction of sp³-hybridized carbons (Fsp3) is 0.462. The van der Waals surface area contributed by atoms with E-state index in [4.69, 9.17) is 9.47 Å². The normalized spacial score (nSPS) is 19.0. The molecule has 5 heteroatoms. The van der Waals surface area contributed by atoms with Crippen LogP contribution in [0, 0.1) is 17.6 Å². The lowest BCUT2D eigenvalue weighted by molar-refractivity contribution is 0.274. The van der Waals surface area contributed by atoms with E-state index in [9.17, 15) is 13.2 Å². The van der Waals surface area contributed by atoms with Crippen LogP contribution in [0.2, 0.25) is 0 Å². The van der Waals surface area contributed by atoms with Gasteiger partial charge in [0.05, 0.1) is 6.61 Å². The molecule has 0 bridgehead atoms. The van der Waals surface area contributed by atoms with Gasteiger partial charge in [0.2, 0.25) is 11.6 Å². The average Bonchev–Trinajstić information content (AvgIpc) is 2.80. The number of benzene rings is 2. The Labute approximate surface area is 183 Å². The van der Waals surface area contributed by atoms with Gasteiger partial charge in [-0.15, -0.1) is 0 Å². The largest absolute Gasteiger partial charge is 0.491 e. The van der Waals surface area contributed by atoms with Gasteiger partial charge in [-0.2, -0.15) is 8.78 Å². The summed E-state index contributed by atoms with van der Waals surface area (Å²) in [6, 6.07) is 11.0. The number of allylic oxidation sites excluding steroid dienone is 2. The van der Waals surface area contributed by atoms with Crippen LogP contribution in [0.5, 0.6) is 11.5 Å². The first kappa shape index (κ1) is 23.2. The summed E-state index contributed by atoms with van der Waals surface area (Å²) in [6.07, 6.45) is 10.4. The maximum absolute atomic E-state index is 14.1. The first-order valence-electron chi connectivity index (χ1n) is 11.2. The molecule has 0 unspecified atom stereocenters. The Morgan fingerprint density at radius 3 is 2.13 bits per heavy atom. The van der Waals surface area contributed by atoms with Crippen molar-refractivity contribution in [2.24, 2.45) is 5.92 Å². The van der Waals surface area contributed by atoms with Gasteiger partial charge in [-0.05, 0) is 80.5 Å². The lowest BCUT2D eigenvalue weighted by Crippen LogP contribution is -2.13. The third kappa shape index (κ3) is 6.52. The molecule has 1 fully saturated rings. The number of ether oxygens (including phenoxy) is 2. The minimum atomic E-state index is -1.03. The van der Waals surface area contributed by atoms with Crippen molar-refractivity contribution in [1.29, 1.82) is 0 Å². The Balaban J connectivity index is 1.49. The van der Waals surface area contributed by atoms with Gasteiger partial charge >= 0.3 is 0 Å². The van der Waals surface area contributed by atoms with E-state index >= 15 is 0 Å². The van der Waals surface area contributed by atoms with E-state index in [0.29, 0.717) is 5.92 Å². The summed E-state index contributed by atoms with van der Waals surface area (Å²) in [5.41, 5.74) is 2.23. The molecule has 1 saturated carbocycles. The van der Waals surface area contributed by atoms with E-state index in [2.05, 4.69) is 12.1 Å². The third-order valence-electron chi connectivity index (χ3n) is 6.00. The van der Waals surface area contributed by atoms with Crippen LogP contribution in [0.3, 0.4) is 0 Å². The molecule has 0 heterocycles. The number of rotatable bonds is 10. The second-order valence-corrected chi connectivity index (χ2v) is 8.07. The first-order chi connectivity index (χ1) is 15.1. The van der Waals surface area contributed by atoms with Gasteiger partial charge in [-0.3, -0.25) is 0 Å². The highest BCUT2D eigenvalue weighted by atomic mass is 19.2. The zero-order chi connectivity index (χ0) is 22.1. The molecule has 0 aliphatic heterocycles. The lowest BCUT2D eigenvalue weighted by Gasteiger charge is -2.28. The van der Waals surface area contributed by atoms with Crippen molar-refractivity contribution < 1.29 is 22.6 Å². The highest BCUT2D eigenvalue weighted by molar-refractivity contribution is 5.35. The molecule has 0 amide bonds. The molecule has 0 N–H and O–H groups in total. The summed E-state index contributed by atoms with van der Waals surface area (Å²) < 4.78 is 50.8. The predicted octanol–water partition coefficient (Wildman–Crippen LogP) is 7.52. The molecule has 168 valence electrons. The molecule has 2 aromatic carbocycles. The Bertz CT molecular complexity index is 840. The molecular weight excluding hydrogens is 401 g/mol. The fourth-order valence-corrected chi connectivity index (χ4v) is 4.24. The minimum absolute atomic E-state index is 0.109. The monoisotopic (exact) mass is 432 g/mol. The molecular formula is C26H31F3O2. The molecule has 2 aromatic rings. The van der Waals surface area contributed by atoms with Gasteiger partial charge in [0.15, 0.2) is 11.5 Å². The number of halogens is 3. The number of hydrogen-bond acceptors (Lipinski definition) is 2. The Kier molecular flexibility index (Phi) is 8.86. The molecule has 1 aliphatic rings. The SMILES string of the molecule is CCOc1ccc(OCc2ccc(C3CCC(CCC=CCF)CC3)cc2)c(F)c1F. The van der Waals surface area contributed by atoms with Crippen molar-refractivity contribution in [3.8, 4) is 11.5 Å². The zero-order valence-electron chi connectivity index (χ0n) is 18.1. The van der Waals surface area contributed by atoms with Crippen molar-refractivity contribution in [3.05, 3.63) is 71.3 Å². The maximum Gasteiger partial charge on any atom is 0.204 e. The van der Waals surface area contributed by atoms with Crippen LogP contribution in [0.15, 0.2) is 48.6 Å². The second-order valence-electron chi connectivity index (χ2n) is 8.07. The molecule has 2 nitrogen and oxygen atoms in total. The first-order valence-corrected chi connectivity index (χ1v) is 11.2. The quantitative estimate of drug-likeness (QED) is 0.361. The van der Waals surface area contributed by atoms with Crippen LogP contribution < -0.4 is 9.47 Å².